The van der Waals surface area contributed by atoms with Crippen LogP contribution in [0.4, 0.5) is 5.82 Å². The first-order chi connectivity index (χ1) is 10.1. The molecule has 21 heavy (non-hydrogen) atoms. The Hall–Kier alpha value is -1.72. The molecule has 0 amide bonds. The molecule has 2 N–H and O–H groups in total. The SMILES string of the molecule is CC1CN(c2cc(C(N)=S)c3ccccc3n2)CCCO1. The molecule has 0 saturated carbocycles. The molecule has 1 unspecified atom stereocenters. The first-order valence-corrected chi connectivity index (χ1v) is 7.62. The molecule has 4 nitrogen and oxygen atoms in total. The highest BCUT2D eigenvalue weighted by Gasteiger charge is 2.18. The second kappa shape index (κ2) is 5.95. The zero-order valence-electron chi connectivity index (χ0n) is 12.1. The zero-order valence-corrected chi connectivity index (χ0v) is 12.9. The number of para-hydroxylation sites is 1. The molecule has 1 aliphatic rings. The van der Waals surface area contributed by atoms with Gasteiger partial charge in [0.05, 0.1) is 11.6 Å². The fraction of sp³-hybridized carbons (Fsp3) is 0.375. The first kappa shape index (κ1) is 14.2. The van der Waals surface area contributed by atoms with E-state index in [1.807, 2.05) is 30.3 Å². The molecular formula is C16H19N3OS. The van der Waals surface area contributed by atoms with Crippen LogP contribution in [-0.4, -0.2) is 35.8 Å². The van der Waals surface area contributed by atoms with Crippen LogP contribution in [0.5, 0.6) is 0 Å². The maximum absolute atomic E-state index is 5.90. The van der Waals surface area contributed by atoms with Crippen LogP contribution in [0.1, 0.15) is 18.9 Å². The Balaban J connectivity index is 2.08. The van der Waals surface area contributed by atoms with Crippen LogP contribution in [0.15, 0.2) is 30.3 Å². The number of thiocarbonyl (C=S) groups is 1. The van der Waals surface area contributed by atoms with Crippen molar-refractivity contribution >= 4 is 33.9 Å². The standard InChI is InChI=1S/C16H19N3OS/c1-11-10-19(7-4-8-20-11)15-9-13(16(17)21)12-5-2-3-6-14(12)18-15/h2-3,5-6,9,11H,4,7-8,10H2,1H3,(H2,17,21). The Kier molecular flexibility index (Phi) is 4.03. The Morgan fingerprint density at radius 3 is 3.05 bits per heavy atom. The highest BCUT2D eigenvalue weighted by atomic mass is 32.1. The van der Waals surface area contributed by atoms with E-state index in [1.165, 1.54) is 0 Å². The number of nitrogens with two attached hydrogens (primary N) is 1. The van der Waals surface area contributed by atoms with Crippen LogP contribution in [0.2, 0.25) is 0 Å². The van der Waals surface area contributed by atoms with Gasteiger partial charge in [-0.3, -0.25) is 0 Å². The van der Waals surface area contributed by atoms with Gasteiger partial charge in [0.1, 0.15) is 10.8 Å². The van der Waals surface area contributed by atoms with E-state index in [0.29, 0.717) is 4.99 Å². The highest BCUT2D eigenvalue weighted by Crippen LogP contribution is 2.24. The number of ether oxygens (including phenoxy) is 1. The molecule has 2 heterocycles. The molecule has 1 atom stereocenters. The van der Waals surface area contributed by atoms with Crippen molar-refractivity contribution in [3.8, 4) is 0 Å². The van der Waals surface area contributed by atoms with Gasteiger partial charge in [0.2, 0.25) is 0 Å². The monoisotopic (exact) mass is 301 g/mol. The van der Waals surface area contributed by atoms with Gasteiger partial charge in [0.15, 0.2) is 0 Å². The maximum Gasteiger partial charge on any atom is 0.130 e. The summed E-state index contributed by atoms with van der Waals surface area (Å²) in [5, 5.41) is 1.01. The lowest BCUT2D eigenvalue weighted by atomic mass is 10.1. The average Bonchev–Trinajstić information content (AvgIpc) is 2.70. The van der Waals surface area contributed by atoms with Crippen molar-refractivity contribution < 1.29 is 4.74 Å². The first-order valence-electron chi connectivity index (χ1n) is 7.21. The van der Waals surface area contributed by atoms with Crippen LogP contribution in [0.3, 0.4) is 0 Å². The lowest BCUT2D eigenvalue weighted by Crippen LogP contribution is -2.31. The number of nitrogens with zero attached hydrogens (tertiary/aromatic N) is 2. The lowest BCUT2D eigenvalue weighted by Gasteiger charge is -2.24. The van der Waals surface area contributed by atoms with Crippen LogP contribution in [0, 0.1) is 0 Å². The Morgan fingerprint density at radius 1 is 1.43 bits per heavy atom. The van der Waals surface area contributed by atoms with Gasteiger partial charge in [0.25, 0.3) is 0 Å². The van der Waals surface area contributed by atoms with Crippen LogP contribution in [-0.2, 0) is 4.74 Å². The smallest absolute Gasteiger partial charge is 0.130 e. The number of hydrogen-bond acceptors (Lipinski definition) is 4. The molecule has 1 aromatic carbocycles. The van der Waals surface area contributed by atoms with Gasteiger partial charge in [-0.05, 0) is 25.5 Å². The van der Waals surface area contributed by atoms with E-state index in [1.54, 1.807) is 0 Å². The molecule has 5 heteroatoms. The minimum atomic E-state index is 0.203. The Bertz CT molecular complexity index is 674. The third-order valence-electron chi connectivity index (χ3n) is 3.74. The van der Waals surface area contributed by atoms with Crippen LogP contribution < -0.4 is 10.6 Å². The summed E-state index contributed by atoms with van der Waals surface area (Å²) in [4.78, 5) is 7.44. The molecule has 2 aromatic rings. The Labute approximate surface area is 129 Å². The number of rotatable bonds is 2. The minimum absolute atomic E-state index is 0.203. The lowest BCUT2D eigenvalue weighted by molar-refractivity contribution is 0.0820. The predicted octanol–water partition coefficient (Wildman–Crippen LogP) is 2.48. The van der Waals surface area contributed by atoms with Crippen molar-refractivity contribution in [2.24, 2.45) is 5.73 Å². The fourth-order valence-electron chi connectivity index (χ4n) is 2.73. The van der Waals surface area contributed by atoms with Gasteiger partial charge in [-0.25, -0.2) is 4.98 Å². The largest absolute Gasteiger partial charge is 0.389 e. The van der Waals surface area contributed by atoms with Crippen molar-refractivity contribution in [2.45, 2.75) is 19.4 Å². The molecule has 1 aliphatic heterocycles. The van der Waals surface area contributed by atoms with E-state index < -0.39 is 0 Å². The van der Waals surface area contributed by atoms with E-state index in [9.17, 15) is 0 Å². The van der Waals surface area contributed by atoms with Crippen molar-refractivity contribution in [2.75, 3.05) is 24.6 Å². The molecule has 110 valence electrons. The van der Waals surface area contributed by atoms with Crippen molar-refractivity contribution in [1.29, 1.82) is 0 Å². The van der Waals surface area contributed by atoms with E-state index in [2.05, 4.69) is 11.8 Å². The average molecular weight is 301 g/mol. The summed E-state index contributed by atoms with van der Waals surface area (Å²) < 4.78 is 5.70. The molecular weight excluding hydrogens is 282 g/mol. The van der Waals surface area contributed by atoms with Crippen LogP contribution >= 0.6 is 12.2 Å². The van der Waals surface area contributed by atoms with Crippen molar-refractivity contribution in [1.82, 2.24) is 4.98 Å². The molecule has 1 fully saturated rings. The van der Waals surface area contributed by atoms with Gasteiger partial charge < -0.3 is 15.4 Å². The highest BCUT2D eigenvalue weighted by molar-refractivity contribution is 7.80. The minimum Gasteiger partial charge on any atom is -0.389 e. The predicted molar refractivity (Wildman–Crippen MR) is 89.9 cm³/mol. The molecule has 0 spiro atoms. The summed E-state index contributed by atoms with van der Waals surface area (Å²) >= 11 is 5.21. The molecule has 3 rings (SSSR count). The van der Waals surface area contributed by atoms with Gasteiger partial charge in [-0.15, -0.1) is 0 Å². The second-order valence-corrected chi connectivity index (χ2v) is 5.83. The van der Waals surface area contributed by atoms with Gasteiger partial charge >= 0.3 is 0 Å². The quantitative estimate of drug-likeness (QED) is 0.864. The number of fused-ring (bicyclic) bond motifs is 1. The number of anilines is 1. The Morgan fingerprint density at radius 2 is 2.24 bits per heavy atom. The van der Waals surface area contributed by atoms with E-state index in [0.717, 1.165) is 48.4 Å². The summed E-state index contributed by atoms with van der Waals surface area (Å²) in [6.45, 7) is 4.66. The van der Waals surface area contributed by atoms with Gasteiger partial charge in [0, 0.05) is 30.6 Å². The summed E-state index contributed by atoms with van der Waals surface area (Å²) in [5.41, 5.74) is 7.72. The molecule has 0 radical (unpaired) electrons. The van der Waals surface area contributed by atoms with Gasteiger partial charge in [-0.2, -0.15) is 0 Å². The normalized spacial score (nSPS) is 19.5. The second-order valence-electron chi connectivity index (χ2n) is 5.39. The van der Waals surface area contributed by atoms with E-state index >= 15 is 0 Å². The summed E-state index contributed by atoms with van der Waals surface area (Å²) in [6, 6.07) is 9.97. The molecule has 1 aromatic heterocycles. The summed E-state index contributed by atoms with van der Waals surface area (Å²) in [6.07, 6.45) is 1.20. The third-order valence-corrected chi connectivity index (χ3v) is 3.96. The van der Waals surface area contributed by atoms with Crippen molar-refractivity contribution in [3.63, 3.8) is 0 Å². The molecule has 0 aliphatic carbocycles. The van der Waals surface area contributed by atoms with Gasteiger partial charge in [-0.1, -0.05) is 30.4 Å². The topological polar surface area (TPSA) is 51.4 Å². The number of hydrogen-bond donors (Lipinski definition) is 1. The van der Waals surface area contributed by atoms with E-state index in [-0.39, 0.29) is 6.10 Å². The van der Waals surface area contributed by atoms with Crippen LogP contribution in [0.25, 0.3) is 10.9 Å². The zero-order chi connectivity index (χ0) is 14.8. The molecule has 0 bridgehead atoms. The summed E-state index contributed by atoms with van der Waals surface area (Å²) in [7, 11) is 0. The fourth-order valence-corrected chi connectivity index (χ4v) is 2.90. The van der Waals surface area contributed by atoms with Crippen molar-refractivity contribution in [3.05, 3.63) is 35.9 Å². The molecule has 1 saturated heterocycles. The number of aromatic nitrogens is 1. The number of pyridine rings is 1. The maximum atomic E-state index is 5.90. The summed E-state index contributed by atoms with van der Waals surface area (Å²) in [5.74, 6) is 0.925. The van der Waals surface area contributed by atoms with E-state index in [4.69, 9.17) is 27.7 Å². The number of benzene rings is 1. The third kappa shape index (κ3) is 2.99.